The van der Waals surface area contributed by atoms with E-state index >= 15 is 0 Å². The van der Waals surface area contributed by atoms with E-state index in [-0.39, 0.29) is 0 Å². The fourth-order valence-electron chi connectivity index (χ4n) is 4.47. The Morgan fingerprint density at radius 1 is 1.25 bits per heavy atom. The van der Waals surface area contributed by atoms with E-state index in [1.807, 2.05) is 7.05 Å². The maximum absolute atomic E-state index is 3.30. The molecule has 2 bridgehead atoms. The molecule has 0 saturated heterocycles. The van der Waals surface area contributed by atoms with Gasteiger partial charge in [-0.1, -0.05) is 24.1 Å². The lowest BCUT2D eigenvalue weighted by Crippen LogP contribution is -2.29. The maximum atomic E-state index is 3.30. The Kier molecular flexibility index (Phi) is 4.02. The van der Waals surface area contributed by atoms with Crippen molar-refractivity contribution in [3.63, 3.8) is 0 Å². The minimum absolute atomic E-state index is 0.933. The topological polar surface area (TPSA) is 15.3 Å². The van der Waals surface area contributed by atoms with E-state index in [4.69, 9.17) is 0 Å². The number of benzene rings is 1. The van der Waals surface area contributed by atoms with Crippen molar-refractivity contribution in [3.05, 3.63) is 29.3 Å². The summed E-state index contributed by atoms with van der Waals surface area (Å²) < 4.78 is 0. The first-order valence-corrected chi connectivity index (χ1v) is 8.12. The van der Waals surface area contributed by atoms with E-state index in [0.29, 0.717) is 0 Å². The molecule has 3 rings (SSSR count). The smallest absolute Gasteiger partial charge is 0.0409 e. The molecule has 1 aromatic carbocycles. The van der Waals surface area contributed by atoms with Crippen LogP contribution in [-0.4, -0.2) is 20.6 Å². The van der Waals surface area contributed by atoms with Crippen LogP contribution in [0.1, 0.15) is 36.8 Å². The molecular formula is C18H28N2. The van der Waals surface area contributed by atoms with Crippen LogP contribution in [0.2, 0.25) is 0 Å². The lowest BCUT2D eigenvalue weighted by molar-refractivity contribution is 0.337. The average molecular weight is 272 g/mol. The molecule has 2 aliphatic carbocycles. The molecule has 1 N–H and O–H groups in total. The van der Waals surface area contributed by atoms with Gasteiger partial charge >= 0.3 is 0 Å². The van der Waals surface area contributed by atoms with Crippen molar-refractivity contribution >= 4 is 5.69 Å². The highest BCUT2D eigenvalue weighted by atomic mass is 15.1. The van der Waals surface area contributed by atoms with Crippen molar-refractivity contribution in [1.82, 2.24) is 5.32 Å². The van der Waals surface area contributed by atoms with E-state index in [2.05, 4.69) is 42.4 Å². The average Bonchev–Trinajstić information content (AvgIpc) is 3.01. The summed E-state index contributed by atoms with van der Waals surface area (Å²) in [6.45, 7) is 4.37. The van der Waals surface area contributed by atoms with Gasteiger partial charge in [0, 0.05) is 25.8 Å². The molecule has 2 fully saturated rings. The van der Waals surface area contributed by atoms with Crippen molar-refractivity contribution in [3.8, 4) is 0 Å². The van der Waals surface area contributed by atoms with Crippen LogP contribution >= 0.6 is 0 Å². The van der Waals surface area contributed by atoms with E-state index < -0.39 is 0 Å². The van der Waals surface area contributed by atoms with Crippen molar-refractivity contribution in [2.75, 3.05) is 25.5 Å². The second kappa shape index (κ2) is 5.77. The normalized spacial score (nSPS) is 28.1. The Balaban J connectivity index is 1.71. The molecule has 2 heteroatoms. The largest absolute Gasteiger partial charge is 0.374 e. The Morgan fingerprint density at radius 3 is 2.75 bits per heavy atom. The zero-order valence-electron chi connectivity index (χ0n) is 13.2. The number of hydrogen-bond donors (Lipinski definition) is 1. The van der Waals surface area contributed by atoms with Crippen molar-refractivity contribution in [2.24, 2.45) is 17.8 Å². The number of aryl methyl sites for hydroxylation is 1. The third-order valence-electron chi connectivity index (χ3n) is 5.41. The molecule has 1 aromatic rings. The van der Waals surface area contributed by atoms with Gasteiger partial charge in [0.2, 0.25) is 0 Å². The fraction of sp³-hybridized carbons (Fsp3) is 0.667. The van der Waals surface area contributed by atoms with Gasteiger partial charge in [-0.2, -0.15) is 0 Å². The molecule has 0 heterocycles. The quantitative estimate of drug-likeness (QED) is 0.881. The maximum Gasteiger partial charge on any atom is 0.0409 e. The van der Waals surface area contributed by atoms with Gasteiger partial charge in [0.15, 0.2) is 0 Å². The summed E-state index contributed by atoms with van der Waals surface area (Å²) >= 11 is 0. The van der Waals surface area contributed by atoms with Crippen LogP contribution in [0.4, 0.5) is 5.69 Å². The molecule has 0 radical (unpaired) electrons. The number of nitrogens with zero attached hydrogens (tertiary/aromatic N) is 1. The summed E-state index contributed by atoms with van der Waals surface area (Å²) in [5, 5.41) is 3.30. The van der Waals surface area contributed by atoms with E-state index in [1.54, 1.807) is 0 Å². The molecule has 2 nitrogen and oxygen atoms in total. The lowest BCUT2D eigenvalue weighted by Gasteiger charge is -2.30. The van der Waals surface area contributed by atoms with Gasteiger partial charge in [-0.05, 0) is 62.6 Å². The molecule has 110 valence electrons. The number of hydrogen-bond acceptors (Lipinski definition) is 2. The molecule has 3 atom stereocenters. The monoisotopic (exact) mass is 272 g/mol. The van der Waals surface area contributed by atoms with Gasteiger partial charge in [0.05, 0.1) is 0 Å². The van der Waals surface area contributed by atoms with Crippen LogP contribution in [0.25, 0.3) is 0 Å². The second-order valence-corrected chi connectivity index (χ2v) is 6.98. The molecule has 0 aromatic heterocycles. The first-order valence-electron chi connectivity index (χ1n) is 8.12. The number of nitrogens with one attached hydrogen (secondary N) is 1. The minimum atomic E-state index is 0.933. The molecule has 0 aliphatic heterocycles. The third kappa shape index (κ3) is 2.71. The molecular weight excluding hydrogens is 244 g/mol. The van der Waals surface area contributed by atoms with Crippen molar-refractivity contribution < 1.29 is 0 Å². The first kappa shape index (κ1) is 13.9. The van der Waals surface area contributed by atoms with Gasteiger partial charge in [0.1, 0.15) is 0 Å². The van der Waals surface area contributed by atoms with Crippen LogP contribution in [0.3, 0.4) is 0 Å². The Bertz CT molecular complexity index is 468. The van der Waals surface area contributed by atoms with Crippen molar-refractivity contribution in [1.29, 1.82) is 0 Å². The summed E-state index contributed by atoms with van der Waals surface area (Å²) in [7, 11) is 4.30. The molecule has 3 unspecified atom stereocenters. The predicted molar refractivity (Wildman–Crippen MR) is 86.2 cm³/mol. The Hall–Kier alpha value is -1.02. The van der Waals surface area contributed by atoms with Crippen LogP contribution in [0.5, 0.6) is 0 Å². The molecule has 0 amide bonds. The highest BCUT2D eigenvalue weighted by Gasteiger charge is 2.39. The Morgan fingerprint density at radius 2 is 2.10 bits per heavy atom. The summed E-state index contributed by atoms with van der Waals surface area (Å²) in [6, 6.07) is 6.87. The highest BCUT2D eigenvalue weighted by Crippen LogP contribution is 2.48. The summed E-state index contributed by atoms with van der Waals surface area (Å²) in [4.78, 5) is 2.50. The van der Waals surface area contributed by atoms with Gasteiger partial charge in [-0.15, -0.1) is 0 Å². The van der Waals surface area contributed by atoms with Crippen LogP contribution in [0.15, 0.2) is 18.2 Å². The number of rotatable bonds is 5. The first-order chi connectivity index (χ1) is 9.67. The molecule has 0 spiro atoms. The second-order valence-electron chi connectivity index (χ2n) is 6.98. The zero-order chi connectivity index (χ0) is 14.1. The van der Waals surface area contributed by atoms with Gasteiger partial charge in [-0.3, -0.25) is 0 Å². The predicted octanol–water partition coefficient (Wildman–Crippen LogP) is 3.59. The van der Waals surface area contributed by atoms with Gasteiger partial charge < -0.3 is 10.2 Å². The molecule has 2 saturated carbocycles. The zero-order valence-corrected chi connectivity index (χ0v) is 13.2. The third-order valence-corrected chi connectivity index (χ3v) is 5.41. The molecule has 20 heavy (non-hydrogen) atoms. The number of fused-ring (bicyclic) bond motifs is 2. The fourth-order valence-corrected chi connectivity index (χ4v) is 4.47. The van der Waals surface area contributed by atoms with Crippen LogP contribution in [-0.2, 0) is 6.54 Å². The van der Waals surface area contributed by atoms with E-state index in [0.717, 1.165) is 24.3 Å². The van der Waals surface area contributed by atoms with Crippen LogP contribution in [0, 0.1) is 24.7 Å². The number of anilines is 1. The SMILES string of the molecule is CNCc1cc(C)ccc1N(C)CC1CC2CCC1C2. The van der Waals surface area contributed by atoms with E-state index in [1.165, 1.54) is 49.0 Å². The lowest BCUT2D eigenvalue weighted by atomic mass is 9.88. The summed E-state index contributed by atoms with van der Waals surface area (Å²) in [5.74, 6) is 3.00. The van der Waals surface area contributed by atoms with E-state index in [9.17, 15) is 0 Å². The van der Waals surface area contributed by atoms with Gasteiger partial charge in [0.25, 0.3) is 0 Å². The van der Waals surface area contributed by atoms with Crippen LogP contribution < -0.4 is 10.2 Å². The Labute approximate surface area is 123 Å². The summed E-state index contributed by atoms with van der Waals surface area (Å²) in [5.41, 5.74) is 4.19. The standard InChI is InChI=1S/C18H28N2/c1-13-4-7-18(16(8-13)11-19-2)20(3)12-17-10-14-5-6-15(17)9-14/h4,7-8,14-15,17,19H,5-6,9-12H2,1-3H3. The van der Waals surface area contributed by atoms with Crippen molar-refractivity contribution in [2.45, 2.75) is 39.2 Å². The van der Waals surface area contributed by atoms with Gasteiger partial charge in [-0.25, -0.2) is 0 Å². The summed E-state index contributed by atoms with van der Waals surface area (Å²) in [6.07, 6.45) is 5.97. The molecule has 2 aliphatic rings. The minimum Gasteiger partial charge on any atom is -0.374 e. The highest BCUT2D eigenvalue weighted by molar-refractivity contribution is 5.54.